The smallest absolute Gasteiger partial charge is 0.242 e. The summed E-state index contributed by atoms with van der Waals surface area (Å²) in [5.41, 5.74) is 3.25. The number of aryl methyl sites for hydroxylation is 1. The monoisotopic (exact) mass is 338 g/mol. The lowest BCUT2D eigenvalue weighted by atomic mass is 10.1. The molecule has 0 aromatic heterocycles. The van der Waals surface area contributed by atoms with E-state index in [1.165, 1.54) is 5.56 Å². The molecular formula is C21H26N2O2. The van der Waals surface area contributed by atoms with E-state index in [0.717, 1.165) is 11.1 Å². The van der Waals surface area contributed by atoms with Crippen molar-refractivity contribution in [2.75, 3.05) is 0 Å². The van der Waals surface area contributed by atoms with Crippen molar-refractivity contribution in [3.8, 4) is 0 Å². The molecule has 0 saturated heterocycles. The van der Waals surface area contributed by atoms with E-state index in [4.69, 9.17) is 0 Å². The quantitative estimate of drug-likeness (QED) is 0.841. The second kappa shape index (κ2) is 9.02. The van der Waals surface area contributed by atoms with E-state index in [1.807, 2.05) is 68.4 Å². The molecule has 1 atom stereocenters. The van der Waals surface area contributed by atoms with Crippen LogP contribution in [0.25, 0.3) is 0 Å². The predicted molar refractivity (Wildman–Crippen MR) is 99.8 cm³/mol. The molecule has 0 saturated carbocycles. The molecule has 1 unspecified atom stereocenters. The zero-order valence-electron chi connectivity index (χ0n) is 15.2. The zero-order valence-corrected chi connectivity index (χ0v) is 15.2. The molecule has 0 bridgehead atoms. The molecule has 2 aromatic rings. The highest BCUT2D eigenvalue weighted by Crippen LogP contribution is 2.11. The Morgan fingerprint density at radius 1 is 1.00 bits per heavy atom. The van der Waals surface area contributed by atoms with Crippen molar-refractivity contribution >= 4 is 11.8 Å². The fourth-order valence-electron chi connectivity index (χ4n) is 2.61. The second-order valence-electron chi connectivity index (χ2n) is 6.24. The number of benzene rings is 2. The third kappa shape index (κ3) is 5.45. The first-order valence-electron chi connectivity index (χ1n) is 8.68. The number of hydrogen-bond donors (Lipinski definition) is 1. The minimum absolute atomic E-state index is 0.0261. The lowest BCUT2D eigenvalue weighted by Gasteiger charge is -2.28. The van der Waals surface area contributed by atoms with Crippen LogP contribution in [-0.2, 0) is 22.7 Å². The van der Waals surface area contributed by atoms with E-state index < -0.39 is 6.04 Å². The van der Waals surface area contributed by atoms with Crippen LogP contribution in [0.5, 0.6) is 0 Å². The number of amides is 2. The van der Waals surface area contributed by atoms with E-state index in [1.54, 1.807) is 11.8 Å². The molecule has 0 aliphatic heterocycles. The standard InChI is InChI=1S/C21H26N2O2/c1-4-20(24)23(15-19-8-6-5-7-9-19)17(3)21(25)22-14-18-12-10-16(2)11-13-18/h5-13,17H,4,14-15H2,1-3H3,(H,22,25). The van der Waals surface area contributed by atoms with Gasteiger partial charge in [0.05, 0.1) is 0 Å². The van der Waals surface area contributed by atoms with Gasteiger partial charge in [0, 0.05) is 19.5 Å². The first kappa shape index (κ1) is 18.7. The molecule has 4 nitrogen and oxygen atoms in total. The van der Waals surface area contributed by atoms with Gasteiger partial charge in [0.15, 0.2) is 0 Å². The number of nitrogens with zero attached hydrogens (tertiary/aromatic N) is 1. The lowest BCUT2D eigenvalue weighted by Crippen LogP contribution is -2.47. The molecule has 2 aromatic carbocycles. The van der Waals surface area contributed by atoms with Crippen molar-refractivity contribution in [2.24, 2.45) is 0 Å². The average molecular weight is 338 g/mol. The molecule has 2 rings (SSSR count). The molecule has 1 N–H and O–H groups in total. The molecule has 132 valence electrons. The summed E-state index contributed by atoms with van der Waals surface area (Å²) >= 11 is 0. The molecule has 0 heterocycles. The Balaban J connectivity index is 2.01. The van der Waals surface area contributed by atoms with Crippen LogP contribution in [0.15, 0.2) is 54.6 Å². The molecule has 0 fully saturated rings. The summed E-state index contributed by atoms with van der Waals surface area (Å²) in [5, 5.41) is 2.93. The highest BCUT2D eigenvalue weighted by molar-refractivity contribution is 5.87. The average Bonchev–Trinajstić information content (AvgIpc) is 2.65. The fraction of sp³-hybridized carbons (Fsp3) is 0.333. The van der Waals surface area contributed by atoms with Crippen LogP contribution < -0.4 is 5.32 Å². The van der Waals surface area contributed by atoms with Crippen molar-refractivity contribution in [2.45, 2.75) is 46.3 Å². The van der Waals surface area contributed by atoms with Crippen LogP contribution in [0.3, 0.4) is 0 Å². The van der Waals surface area contributed by atoms with Gasteiger partial charge in [-0.05, 0) is 25.0 Å². The summed E-state index contributed by atoms with van der Waals surface area (Å²) in [6.07, 6.45) is 0.377. The summed E-state index contributed by atoms with van der Waals surface area (Å²) in [6.45, 7) is 6.52. The summed E-state index contributed by atoms with van der Waals surface area (Å²) in [4.78, 5) is 26.5. The van der Waals surface area contributed by atoms with Crippen LogP contribution in [0.2, 0.25) is 0 Å². The number of rotatable bonds is 7. The number of hydrogen-bond acceptors (Lipinski definition) is 2. The summed E-state index contributed by atoms with van der Waals surface area (Å²) in [7, 11) is 0. The Morgan fingerprint density at radius 3 is 2.24 bits per heavy atom. The van der Waals surface area contributed by atoms with E-state index in [0.29, 0.717) is 19.5 Å². The first-order valence-corrected chi connectivity index (χ1v) is 8.68. The Morgan fingerprint density at radius 2 is 1.64 bits per heavy atom. The lowest BCUT2D eigenvalue weighted by molar-refractivity contribution is -0.140. The van der Waals surface area contributed by atoms with Gasteiger partial charge in [-0.1, -0.05) is 67.1 Å². The zero-order chi connectivity index (χ0) is 18.2. The normalized spacial score (nSPS) is 11.6. The Labute approximate surface area is 149 Å². The van der Waals surface area contributed by atoms with Crippen LogP contribution in [-0.4, -0.2) is 22.8 Å². The second-order valence-corrected chi connectivity index (χ2v) is 6.24. The molecule has 0 spiro atoms. The predicted octanol–water partition coefficient (Wildman–Crippen LogP) is 3.44. The van der Waals surface area contributed by atoms with Gasteiger partial charge in [0.25, 0.3) is 0 Å². The summed E-state index contributed by atoms with van der Waals surface area (Å²) in [5.74, 6) is -0.167. The number of nitrogens with one attached hydrogen (secondary N) is 1. The van der Waals surface area contributed by atoms with Crippen LogP contribution in [0, 0.1) is 6.92 Å². The highest BCUT2D eigenvalue weighted by Gasteiger charge is 2.24. The maximum atomic E-state index is 12.5. The SMILES string of the molecule is CCC(=O)N(Cc1ccccc1)C(C)C(=O)NCc1ccc(C)cc1. The highest BCUT2D eigenvalue weighted by atomic mass is 16.2. The molecule has 2 amide bonds. The van der Waals surface area contributed by atoms with Gasteiger partial charge in [-0.25, -0.2) is 0 Å². The van der Waals surface area contributed by atoms with Crippen LogP contribution >= 0.6 is 0 Å². The van der Waals surface area contributed by atoms with Crippen LogP contribution in [0.4, 0.5) is 0 Å². The van der Waals surface area contributed by atoms with Gasteiger partial charge in [0.2, 0.25) is 11.8 Å². The molecule has 25 heavy (non-hydrogen) atoms. The van der Waals surface area contributed by atoms with Crippen molar-refractivity contribution in [1.29, 1.82) is 0 Å². The number of carbonyl (C=O) groups is 2. The topological polar surface area (TPSA) is 49.4 Å². The summed E-state index contributed by atoms with van der Waals surface area (Å²) in [6, 6.07) is 17.3. The molecule has 0 radical (unpaired) electrons. The summed E-state index contributed by atoms with van der Waals surface area (Å²) < 4.78 is 0. The molecule has 0 aliphatic carbocycles. The van der Waals surface area contributed by atoms with Crippen molar-refractivity contribution in [3.05, 3.63) is 71.3 Å². The minimum atomic E-state index is -0.516. The minimum Gasteiger partial charge on any atom is -0.350 e. The maximum absolute atomic E-state index is 12.5. The van der Waals surface area contributed by atoms with E-state index in [2.05, 4.69) is 5.32 Å². The Hall–Kier alpha value is -2.62. The van der Waals surface area contributed by atoms with Gasteiger partial charge in [0.1, 0.15) is 6.04 Å². The van der Waals surface area contributed by atoms with Gasteiger partial charge < -0.3 is 10.2 Å². The number of carbonyl (C=O) groups excluding carboxylic acids is 2. The largest absolute Gasteiger partial charge is 0.350 e. The van der Waals surface area contributed by atoms with Crippen molar-refractivity contribution in [1.82, 2.24) is 10.2 Å². The van der Waals surface area contributed by atoms with Crippen molar-refractivity contribution in [3.63, 3.8) is 0 Å². The first-order chi connectivity index (χ1) is 12.0. The van der Waals surface area contributed by atoms with E-state index >= 15 is 0 Å². The van der Waals surface area contributed by atoms with E-state index in [9.17, 15) is 9.59 Å². The third-order valence-electron chi connectivity index (χ3n) is 4.25. The van der Waals surface area contributed by atoms with Gasteiger partial charge >= 0.3 is 0 Å². The third-order valence-corrected chi connectivity index (χ3v) is 4.25. The fourth-order valence-corrected chi connectivity index (χ4v) is 2.61. The van der Waals surface area contributed by atoms with Gasteiger partial charge in [-0.15, -0.1) is 0 Å². The molecule has 4 heteroatoms. The molecular weight excluding hydrogens is 312 g/mol. The van der Waals surface area contributed by atoms with E-state index in [-0.39, 0.29) is 11.8 Å². The van der Waals surface area contributed by atoms with Crippen molar-refractivity contribution < 1.29 is 9.59 Å². The Bertz CT molecular complexity index is 696. The maximum Gasteiger partial charge on any atom is 0.242 e. The van der Waals surface area contributed by atoms with Gasteiger partial charge in [-0.2, -0.15) is 0 Å². The van der Waals surface area contributed by atoms with Gasteiger partial charge in [-0.3, -0.25) is 9.59 Å². The molecule has 0 aliphatic rings. The van der Waals surface area contributed by atoms with Crippen LogP contribution in [0.1, 0.15) is 37.0 Å². The Kier molecular flexibility index (Phi) is 6.75.